The molecule has 33 heavy (non-hydrogen) atoms. The first-order chi connectivity index (χ1) is 15.7. The molecule has 0 saturated heterocycles. The Morgan fingerprint density at radius 2 is 1.73 bits per heavy atom. The van der Waals surface area contributed by atoms with Crippen molar-refractivity contribution < 1.29 is 37.1 Å². The van der Waals surface area contributed by atoms with Gasteiger partial charge in [-0.05, 0) is 43.4 Å². The lowest BCUT2D eigenvalue weighted by atomic mass is 9.95. The molecular weight excluding hydrogens is 463 g/mol. The predicted molar refractivity (Wildman–Crippen MR) is 114 cm³/mol. The van der Waals surface area contributed by atoms with Gasteiger partial charge < -0.3 is 20.7 Å². The third kappa shape index (κ3) is 5.89. The van der Waals surface area contributed by atoms with Crippen molar-refractivity contribution in [1.82, 2.24) is 5.32 Å². The lowest BCUT2D eigenvalue weighted by molar-refractivity contribution is -0.126. The summed E-state index contributed by atoms with van der Waals surface area (Å²) in [6, 6.07) is 1.48. The Bertz CT molecular complexity index is 1120. The topological polar surface area (TPSA) is 114 Å². The van der Waals surface area contributed by atoms with E-state index in [9.17, 15) is 32.3 Å². The van der Waals surface area contributed by atoms with Crippen LogP contribution in [0, 0.1) is 17.5 Å². The number of nitrogens with one attached hydrogen (secondary N) is 3. The van der Waals surface area contributed by atoms with E-state index in [4.69, 9.17) is 4.74 Å². The zero-order chi connectivity index (χ0) is 24.1. The molecule has 0 unspecified atom stereocenters. The van der Waals surface area contributed by atoms with Crippen molar-refractivity contribution in [2.24, 2.45) is 0 Å². The summed E-state index contributed by atoms with van der Waals surface area (Å²) in [7, 11) is 0. The van der Waals surface area contributed by atoms with Gasteiger partial charge in [-0.25, -0.2) is 18.0 Å². The van der Waals surface area contributed by atoms with E-state index in [1.54, 1.807) is 0 Å². The first kappa shape index (κ1) is 24.2. The van der Waals surface area contributed by atoms with Gasteiger partial charge in [0, 0.05) is 11.8 Å². The molecule has 0 bridgehead atoms. The van der Waals surface area contributed by atoms with E-state index in [1.165, 1.54) is 18.3 Å². The summed E-state index contributed by atoms with van der Waals surface area (Å²) in [5.41, 5.74) is 0.435. The maximum Gasteiger partial charge on any atom is 0.341 e. The minimum absolute atomic E-state index is 0.226. The lowest BCUT2D eigenvalue weighted by Gasteiger charge is -2.13. The Morgan fingerprint density at radius 3 is 2.45 bits per heavy atom. The molecule has 2 aromatic rings. The van der Waals surface area contributed by atoms with Gasteiger partial charge in [0.05, 0.1) is 17.8 Å². The van der Waals surface area contributed by atoms with Crippen molar-refractivity contribution in [2.45, 2.75) is 32.6 Å². The third-order valence-electron chi connectivity index (χ3n) is 4.75. The highest BCUT2D eigenvalue weighted by atomic mass is 32.1. The summed E-state index contributed by atoms with van der Waals surface area (Å²) in [4.78, 5) is 48.9. The molecule has 1 aromatic heterocycles. The molecule has 3 N–H and O–H groups in total. The van der Waals surface area contributed by atoms with Crippen LogP contribution in [0.25, 0.3) is 0 Å². The van der Waals surface area contributed by atoms with Crippen LogP contribution in [0.5, 0.6) is 0 Å². The van der Waals surface area contributed by atoms with Gasteiger partial charge in [0.1, 0.15) is 5.00 Å². The number of aryl methyl sites for hydroxylation is 1. The number of rotatable bonds is 7. The minimum Gasteiger partial charge on any atom is -0.452 e. The second-order valence-corrected chi connectivity index (χ2v) is 8.33. The first-order valence-electron chi connectivity index (χ1n) is 9.96. The summed E-state index contributed by atoms with van der Waals surface area (Å²) >= 11 is 1.30. The molecule has 0 fully saturated rings. The molecule has 0 aliphatic heterocycles. The summed E-state index contributed by atoms with van der Waals surface area (Å²) in [6.45, 7) is -0.00585. The Hall–Kier alpha value is -3.41. The van der Waals surface area contributed by atoms with E-state index in [0.29, 0.717) is 17.5 Å². The van der Waals surface area contributed by atoms with Crippen LogP contribution in [0.3, 0.4) is 0 Å². The molecule has 1 heterocycles. The smallest absolute Gasteiger partial charge is 0.341 e. The summed E-state index contributed by atoms with van der Waals surface area (Å²) < 4.78 is 44.8. The van der Waals surface area contributed by atoms with Gasteiger partial charge >= 0.3 is 5.97 Å². The monoisotopic (exact) mass is 483 g/mol. The van der Waals surface area contributed by atoms with E-state index >= 15 is 0 Å². The first-order valence-corrected chi connectivity index (χ1v) is 10.8. The van der Waals surface area contributed by atoms with E-state index < -0.39 is 54.1 Å². The third-order valence-corrected chi connectivity index (χ3v) is 5.96. The number of esters is 1. The Kier molecular flexibility index (Phi) is 7.69. The van der Waals surface area contributed by atoms with Crippen LogP contribution in [0.1, 0.15) is 40.6 Å². The number of benzene rings is 1. The van der Waals surface area contributed by atoms with Crippen molar-refractivity contribution >= 4 is 45.7 Å². The molecule has 1 aliphatic carbocycles. The molecule has 0 saturated carbocycles. The summed E-state index contributed by atoms with van der Waals surface area (Å²) in [5.74, 6) is -7.55. The SMILES string of the molecule is CC(=O)Nc1sc2c(c1C(=O)OCC(=O)NCC(=O)Nc1ccc(F)c(F)c1F)CCCC2. The van der Waals surface area contributed by atoms with Crippen LogP contribution >= 0.6 is 11.3 Å². The highest BCUT2D eigenvalue weighted by Crippen LogP contribution is 2.38. The molecule has 1 aliphatic rings. The fraction of sp³-hybridized carbons (Fsp3) is 0.333. The van der Waals surface area contributed by atoms with Crippen LogP contribution in [0.2, 0.25) is 0 Å². The predicted octanol–water partition coefficient (Wildman–Crippen LogP) is 2.91. The normalized spacial score (nSPS) is 12.5. The van der Waals surface area contributed by atoms with Gasteiger partial charge in [-0.1, -0.05) is 0 Å². The van der Waals surface area contributed by atoms with Gasteiger partial charge in [-0.2, -0.15) is 0 Å². The number of amides is 3. The average Bonchev–Trinajstić information content (AvgIpc) is 3.13. The number of hydrogen-bond acceptors (Lipinski definition) is 6. The number of halogens is 3. The average molecular weight is 483 g/mol. The Labute approximate surface area is 190 Å². The van der Waals surface area contributed by atoms with Crippen molar-refractivity contribution in [3.05, 3.63) is 45.6 Å². The van der Waals surface area contributed by atoms with Gasteiger partial charge in [0.2, 0.25) is 11.8 Å². The molecule has 3 rings (SSSR count). The van der Waals surface area contributed by atoms with E-state index in [1.807, 2.05) is 5.32 Å². The number of ether oxygens (including phenoxy) is 1. The number of carbonyl (C=O) groups excluding carboxylic acids is 4. The molecule has 176 valence electrons. The number of fused-ring (bicyclic) bond motifs is 1. The van der Waals surface area contributed by atoms with Crippen molar-refractivity contribution in [3.8, 4) is 0 Å². The van der Waals surface area contributed by atoms with E-state index in [-0.39, 0.29) is 11.5 Å². The van der Waals surface area contributed by atoms with Crippen LogP contribution in [-0.2, 0) is 32.0 Å². The minimum atomic E-state index is -1.74. The van der Waals surface area contributed by atoms with Crippen LogP contribution in [0.15, 0.2) is 12.1 Å². The second kappa shape index (κ2) is 10.5. The summed E-state index contributed by atoms with van der Waals surface area (Å²) in [5, 5.41) is 7.16. The molecule has 3 amide bonds. The maximum absolute atomic E-state index is 13.6. The van der Waals surface area contributed by atoms with E-state index in [2.05, 4.69) is 10.6 Å². The maximum atomic E-state index is 13.6. The Balaban J connectivity index is 1.54. The highest BCUT2D eigenvalue weighted by molar-refractivity contribution is 7.17. The molecule has 0 spiro atoms. The number of carbonyl (C=O) groups is 4. The zero-order valence-electron chi connectivity index (χ0n) is 17.5. The fourth-order valence-corrected chi connectivity index (χ4v) is 4.60. The van der Waals surface area contributed by atoms with Gasteiger partial charge in [-0.15, -0.1) is 11.3 Å². The van der Waals surface area contributed by atoms with Crippen molar-refractivity contribution in [3.63, 3.8) is 0 Å². The number of anilines is 2. The quantitative estimate of drug-likeness (QED) is 0.414. The second-order valence-electron chi connectivity index (χ2n) is 7.22. The molecule has 1 aromatic carbocycles. The summed E-state index contributed by atoms with van der Waals surface area (Å²) in [6.07, 6.45) is 3.30. The Morgan fingerprint density at radius 1 is 1.00 bits per heavy atom. The molecule has 12 heteroatoms. The van der Waals surface area contributed by atoms with Crippen LogP contribution in [-0.4, -0.2) is 36.8 Å². The van der Waals surface area contributed by atoms with Crippen molar-refractivity contribution in [2.75, 3.05) is 23.8 Å². The lowest BCUT2D eigenvalue weighted by Crippen LogP contribution is -2.35. The van der Waals surface area contributed by atoms with Gasteiger partial charge in [0.25, 0.3) is 5.91 Å². The molecule has 8 nitrogen and oxygen atoms in total. The zero-order valence-corrected chi connectivity index (χ0v) is 18.3. The standard InChI is InChI=1S/C21H20F3N3O5S/c1-10(28)26-20-17(11-4-2-3-5-14(11)33-20)21(31)32-9-16(30)25-8-15(29)27-13-7-6-12(22)18(23)19(13)24/h6-7H,2-5,8-9H2,1H3,(H,25,30)(H,26,28)(H,27,29). The van der Waals surface area contributed by atoms with Crippen molar-refractivity contribution in [1.29, 1.82) is 0 Å². The van der Waals surface area contributed by atoms with Gasteiger partial charge in [0.15, 0.2) is 24.1 Å². The largest absolute Gasteiger partial charge is 0.452 e. The molecular formula is C21H20F3N3O5S. The highest BCUT2D eigenvalue weighted by Gasteiger charge is 2.27. The van der Waals surface area contributed by atoms with Crippen LogP contribution in [0.4, 0.5) is 23.9 Å². The fourth-order valence-electron chi connectivity index (χ4n) is 3.28. The number of hydrogen-bond donors (Lipinski definition) is 3. The van der Waals surface area contributed by atoms with Gasteiger partial charge in [-0.3, -0.25) is 14.4 Å². The van der Waals surface area contributed by atoms with E-state index in [0.717, 1.165) is 35.8 Å². The molecule has 0 atom stereocenters. The molecule has 0 radical (unpaired) electrons. The van der Waals surface area contributed by atoms with Crippen LogP contribution < -0.4 is 16.0 Å². The number of thiophene rings is 1.